The molecule has 1 aliphatic heterocycles. The molecule has 1 saturated heterocycles. The predicted molar refractivity (Wildman–Crippen MR) is 57.4 cm³/mol. The second kappa shape index (κ2) is 3.90. The molecule has 2 rings (SSSR count). The molecule has 1 fully saturated rings. The largest absolute Gasteiger partial charge is 0.307 e. The number of Topliss-reactive ketones (excluding diaryl/α,β-unsaturated/α-hetero) is 1. The van der Waals surface area contributed by atoms with E-state index in [0.29, 0.717) is 0 Å². The van der Waals surface area contributed by atoms with Crippen molar-refractivity contribution in [2.75, 3.05) is 6.54 Å². The third-order valence-corrected chi connectivity index (χ3v) is 3.96. The number of ketones is 1. The van der Waals surface area contributed by atoms with Gasteiger partial charge in [0.1, 0.15) is 0 Å². The minimum atomic E-state index is 0.0471. The van der Waals surface area contributed by atoms with Crippen molar-refractivity contribution in [2.24, 2.45) is 0 Å². The van der Waals surface area contributed by atoms with E-state index in [1.165, 1.54) is 0 Å². The van der Waals surface area contributed by atoms with Crippen LogP contribution in [0.3, 0.4) is 0 Å². The summed E-state index contributed by atoms with van der Waals surface area (Å²) in [6.07, 6.45) is 2.08. The second-order valence-electron chi connectivity index (χ2n) is 3.15. The lowest BCUT2D eigenvalue weighted by molar-refractivity contribution is 0.0952. The molecule has 1 aromatic rings. The topological polar surface area (TPSA) is 29.1 Å². The first-order valence-electron chi connectivity index (χ1n) is 4.28. The predicted octanol–water partition coefficient (Wildman–Crippen LogP) is 2.45. The van der Waals surface area contributed by atoms with Crippen molar-refractivity contribution in [1.29, 1.82) is 0 Å². The third-order valence-electron chi connectivity index (χ3n) is 2.26. The molecule has 1 N–H and O–H groups in total. The van der Waals surface area contributed by atoms with Crippen molar-refractivity contribution in [3.8, 4) is 0 Å². The van der Waals surface area contributed by atoms with E-state index in [2.05, 4.69) is 21.2 Å². The van der Waals surface area contributed by atoms with Crippen LogP contribution in [0.25, 0.3) is 0 Å². The van der Waals surface area contributed by atoms with Gasteiger partial charge in [0.2, 0.25) is 0 Å². The van der Waals surface area contributed by atoms with Crippen LogP contribution < -0.4 is 5.32 Å². The van der Waals surface area contributed by atoms with E-state index in [0.717, 1.165) is 29.4 Å². The minimum Gasteiger partial charge on any atom is -0.307 e. The van der Waals surface area contributed by atoms with Crippen LogP contribution in [0.2, 0.25) is 0 Å². The van der Waals surface area contributed by atoms with Gasteiger partial charge in [-0.25, -0.2) is 0 Å². The van der Waals surface area contributed by atoms with Crippen LogP contribution in [-0.2, 0) is 0 Å². The molecular formula is C9H10BrNOS. The zero-order valence-corrected chi connectivity index (χ0v) is 9.45. The molecule has 70 valence electrons. The zero-order valence-electron chi connectivity index (χ0n) is 7.05. The molecule has 1 aromatic heterocycles. The number of hydrogen-bond donors (Lipinski definition) is 1. The summed E-state index contributed by atoms with van der Waals surface area (Å²) in [7, 11) is 0. The maximum atomic E-state index is 11.8. The second-order valence-corrected chi connectivity index (χ2v) is 4.74. The molecule has 0 aromatic carbocycles. The molecule has 2 heterocycles. The van der Waals surface area contributed by atoms with E-state index in [-0.39, 0.29) is 11.8 Å². The first-order chi connectivity index (χ1) is 6.29. The van der Waals surface area contributed by atoms with Crippen LogP contribution in [0.1, 0.15) is 23.2 Å². The fourth-order valence-electron chi connectivity index (χ4n) is 1.55. The number of nitrogens with one attached hydrogen (secondary N) is 1. The van der Waals surface area contributed by atoms with Crippen LogP contribution >= 0.6 is 27.3 Å². The van der Waals surface area contributed by atoms with Crippen LogP contribution in [0.4, 0.5) is 0 Å². The van der Waals surface area contributed by atoms with Crippen LogP contribution in [-0.4, -0.2) is 18.4 Å². The lowest BCUT2D eigenvalue weighted by Crippen LogP contribution is -2.30. The van der Waals surface area contributed by atoms with E-state index in [4.69, 9.17) is 0 Å². The molecule has 2 nitrogen and oxygen atoms in total. The number of halogens is 1. The molecule has 0 bridgehead atoms. The van der Waals surface area contributed by atoms with Crippen LogP contribution in [0.15, 0.2) is 15.2 Å². The molecule has 0 saturated carbocycles. The number of carbonyl (C=O) groups is 1. The van der Waals surface area contributed by atoms with Gasteiger partial charge in [0, 0.05) is 20.8 Å². The van der Waals surface area contributed by atoms with Crippen molar-refractivity contribution < 1.29 is 4.79 Å². The average molecular weight is 260 g/mol. The highest BCUT2D eigenvalue weighted by molar-refractivity contribution is 9.10. The van der Waals surface area contributed by atoms with Gasteiger partial charge < -0.3 is 5.32 Å². The third kappa shape index (κ3) is 1.85. The van der Waals surface area contributed by atoms with Crippen molar-refractivity contribution in [3.05, 3.63) is 20.8 Å². The molecule has 1 aliphatic rings. The normalized spacial score (nSPS) is 22.1. The number of hydrogen-bond acceptors (Lipinski definition) is 3. The summed E-state index contributed by atoms with van der Waals surface area (Å²) in [5.41, 5.74) is 0.824. The number of carbonyl (C=O) groups excluding carboxylic acids is 1. The van der Waals surface area contributed by atoms with E-state index in [1.54, 1.807) is 11.3 Å². The van der Waals surface area contributed by atoms with E-state index in [9.17, 15) is 4.79 Å². The Morgan fingerprint density at radius 3 is 3.00 bits per heavy atom. The molecule has 0 aliphatic carbocycles. The van der Waals surface area contributed by atoms with Crippen LogP contribution in [0, 0.1) is 0 Å². The molecule has 0 amide bonds. The van der Waals surface area contributed by atoms with E-state index in [1.807, 2.05) is 10.8 Å². The van der Waals surface area contributed by atoms with Crippen molar-refractivity contribution in [1.82, 2.24) is 5.32 Å². The fraction of sp³-hybridized carbons (Fsp3) is 0.444. The van der Waals surface area contributed by atoms with Gasteiger partial charge in [-0.15, -0.1) is 0 Å². The van der Waals surface area contributed by atoms with Gasteiger partial charge in [-0.3, -0.25) is 4.79 Å². The zero-order chi connectivity index (χ0) is 9.26. The summed E-state index contributed by atoms with van der Waals surface area (Å²) in [5, 5.41) is 7.06. The summed E-state index contributed by atoms with van der Waals surface area (Å²) in [5.74, 6) is 0.227. The van der Waals surface area contributed by atoms with Crippen molar-refractivity contribution in [3.63, 3.8) is 0 Å². The summed E-state index contributed by atoms with van der Waals surface area (Å²) in [6, 6.07) is 0.0471. The molecule has 0 radical (unpaired) electrons. The maximum Gasteiger partial charge on any atom is 0.181 e. The Kier molecular flexibility index (Phi) is 2.81. The van der Waals surface area contributed by atoms with E-state index < -0.39 is 0 Å². The van der Waals surface area contributed by atoms with Gasteiger partial charge in [-0.1, -0.05) is 0 Å². The summed E-state index contributed by atoms with van der Waals surface area (Å²) in [4.78, 5) is 11.8. The highest BCUT2D eigenvalue weighted by Gasteiger charge is 2.24. The minimum absolute atomic E-state index is 0.0471. The molecule has 1 atom stereocenters. The van der Waals surface area contributed by atoms with Gasteiger partial charge in [0.05, 0.1) is 6.04 Å². The first-order valence-corrected chi connectivity index (χ1v) is 6.02. The molecule has 4 heteroatoms. The van der Waals surface area contributed by atoms with Gasteiger partial charge in [0.25, 0.3) is 0 Å². The summed E-state index contributed by atoms with van der Waals surface area (Å²) < 4.78 is 0.927. The van der Waals surface area contributed by atoms with Gasteiger partial charge >= 0.3 is 0 Å². The highest BCUT2D eigenvalue weighted by atomic mass is 79.9. The molecular weight excluding hydrogens is 250 g/mol. The number of rotatable bonds is 2. The van der Waals surface area contributed by atoms with Crippen LogP contribution in [0.5, 0.6) is 0 Å². The van der Waals surface area contributed by atoms with Gasteiger partial charge in [-0.05, 0) is 35.3 Å². The quantitative estimate of drug-likeness (QED) is 0.827. The SMILES string of the molecule is O=C(c1cscc1Br)C1CCCN1. The fourth-order valence-corrected chi connectivity index (χ4v) is 3.03. The highest BCUT2D eigenvalue weighted by Crippen LogP contribution is 2.24. The first kappa shape index (κ1) is 9.37. The lowest BCUT2D eigenvalue weighted by Gasteiger charge is -2.07. The molecule has 13 heavy (non-hydrogen) atoms. The Hall–Kier alpha value is -0.190. The Balaban J connectivity index is 2.17. The van der Waals surface area contributed by atoms with Gasteiger partial charge in [0.15, 0.2) is 5.78 Å². The molecule has 1 unspecified atom stereocenters. The monoisotopic (exact) mass is 259 g/mol. The van der Waals surface area contributed by atoms with Crippen molar-refractivity contribution >= 4 is 33.0 Å². The standard InChI is InChI=1S/C9H10BrNOS/c10-7-5-13-4-6(7)9(12)8-2-1-3-11-8/h4-5,8,11H,1-3H2. The summed E-state index contributed by atoms with van der Waals surface area (Å²) >= 11 is 4.93. The Labute approximate surface area is 89.5 Å². The Morgan fingerprint density at radius 1 is 1.62 bits per heavy atom. The smallest absolute Gasteiger partial charge is 0.181 e. The van der Waals surface area contributed by atoms with Crippen molar-refractivity contribution in [2.45, 2.75) is 18.9 Å². The lowest BCUT2D eigenvalue weighted by atomic mass is 10.1. The van der Waals surface area contributed by atoms with E-state index >= 15 is 0 Å². The average Bonchev–Trinajstić information content (AvgIpc) is 2.72. The number of thiophene rings is 1. The Bertz CT molecular complexity index is 317. The summed E-state index contributed by atoms with van der Waals surface area (Å²) in [6.45, 7) is 0.970. The van der Waals surface area contributed by atoms with Gasteiger partial charge in [-0.2, -0.15) is 11.3 Å². The molecule has 0 spiro atoms. The maximum absolute atomic E-state index is 11.8. The Morgan fingerprint density at radius 2 is 2.46 bits per heavy atom.